The molecule has 1 aromatic carbocycles. The van der Waals surface area contributed by atoms with Crippen LogP contribution in [-0.2, 0) is 0 Å². The highest BCUT2D eigenvalue weighted by Crippen LogP contribution is 2.28. The van der Waals surface area contributed by atoms with Crippen LogP contribution in [0, 0.1) is 6.92 Å². The van der Waals surface area contributed by atoms with Crippen molar-refractivity contribution in [2.45, 2.75) is 17.0 Å². The SMILES string of the molecule is Cc1nc(Sc2cc(Br)cc(C(=O)O)c2)n[nH]1. The minimum atomic E-state index is -0.959. The predicted molar refractivity (Wildman–Crippen MR) is 66.3 cm³/mol. The van der Waals surface area contributed by atoms with Crippen molar-refractivity contribution < 1.29 is 9.90 Å². The summed E-state index contributed by atoms with van der Waals surface area (Å²) >= 11 is 4.58. The van der Waals surface area contributed by atoms with Crippen molar-refractivity contribution in [1.82, 2.24) is 15.2 Å². The number of hydrogen-bond donors (Lipinski definition) is 2. The molecule has 17 heavy (non-hydrogen) atoms. The maximum Gasteiger partial charge on any atom is 0.335 e. The summed E-state index contributed by atoms with van der Waals surface area (Å²) in [7, 11) is 0. The summed E-state index contributed by atoms with van der Waals surface area (Å²) in [6.07, 6.45) is 0. The zero-order chi connectivity index (χ0) is 12.4. The Morgan fingerprint density at radius 3 is 2.82 bits per heavy atom. The van der Waals surface area contributed by atoms with E-state index in [1.54, 1.807) is 19.1 Å². The molecular formula is C10H8BrN3O2S. The van der Waals surface area contributed by atoms with Gasteiger partial charge in [-0.2, -0.15) is 0 Å². The molecule has 7 heteroatoms. The number of nitrogens with one attached hydrogen (secondary N) is 1. The number of halogens is 1. The minimum Gasteiger partial charge on any atom is -0.478 e. The van der Waals surface area contributed by atoms with E-state index < -0.39 is 5.97 Å². The fourth-order valence-corrected chi connectivity index (χ4v) is 2.72. The summed E-state index contributed by atoms with van der Waals surface area (Å²) in [6.45, 7) is 1.81. The lowest BCUT2D eigenvalue weighted by atomic mass is 10.2. The van der Waals surface area contributed by atoms with Crippen LogP contribution in [0.5, 0.6) is 0 Å². The van der Waals surface area contributed by atoms with Gasteiger partial charge in [0, 0.05) is 9.37 Å². The Labute approximate surface area is 110 Å². The maximum atomic E-state index is 10.9. The van der Waals surface area contributed by atoms with Crippen LogP contribution in [0.3, 0.4) is 0 Å². The number of carbonyl (C=O) groups is 1. The van der Waals surface area contributed by atoms with Crippen molar-refractivity contribution in [3.63, 3.8) is 0 Å². The largest absolute Gasteiger partial charge is 0.478 e. The number of aryl methyl sites for hydroxylation is 1. The molecule has 2 aromatic rings. The number of benzene rings is 1. The van der Waals surface area contributed by atoms with Gasteiger partial charge in [0.2, 0.25) is 5.16 Å². The zero-order valence-corrected chi connectivity index (χ0v) is 11.2. The van der Waals surface area contributed by atoms with Crippen molar-refractivity contribution in [3.05, 3.63) is 34.1 Å². The van der Waals surface area contributed by atoms with Gasteiger partial charge in [0.1, 0.15) is 5.82 Å². The van der Waals surface area contributed by atoms with Gasteiger partial charge in [-0.3, -0.25) is 5.10 Å². The average Bonchev–Trinajstić information content (AvgIpc) is 2.63. The number of aromatic amines is 1. The van der Waals surface area contributed by atoms with Gasteiger partial charge in [-0.05, 0) is 36.9 Å². The molecule has 0 fully saturated rings. The third-order valence-electron chi connectivity index (χ3n) is 1.90. The summed E-state index contributed by atoms with van der Waals surface area (Å²) in [4.78, 5) is 15.8. The number of carboxylic acids is 1. The second kappa shape index (κ2) is 4.89. The van der Waals surface area contributed by atoms with Gasteiger partial charge in [0.05, 0.1) is 5.56 Å². The van der Waals surface area contributed by atoms with Crippen molar-refractivity contribution >= 4 is 33.7 Å². The zero-order valence-electron chi connectivity index (χ0n) is 8.77. The molecule has 1 aromatic heterocycles. The smallest absolute Gasteiger partial charge is 0.335 e. The van der Waals surface area contributed by atoms with E-state index >= 15 is 0 Å². The van der Waals surface area contributed by atoms with Crippen molar-refractivity contribution in [3.8, 4) is 0 Å². The second-order valence-corrected chi connectivity index (χ2v) is 5.24. The Morgan fingerprint density at radius 2 is 2.24 bits per heavy atom. The summed E-state index contributed by atoms with van der Waals surface area (Å²) in [5.74, 6) is -0.236. The van der Waals surface area contributed by atoms with Gasteiger partial charge < -0.3 is 5.11 Å². The highest BCUT2D eigenvalue weighted by molar-refractivity contribution is 9.10. The van der Waals surface area contributed by atoms with E-state index in [1.807, 2.05) is 6.07 Å². The quantitative estimate of drug-likeness (QED) is 0.910. The number of hydrogen-bond acceptors (Lipinski definition) is 4. The lowest BCUT2D eigenvalue weighted by Crippen LogP contribution is -1.96. The summed E-state index contributed by atoms with van der Waals surface area (Å²) in [6, 6.07) is 4.96. The Bertz CT molecular complexity index is 570. The normalized spacial score (nSPS) is 10.5. The lowest BCUT2D eigenvalue weighted by Gasteiger charge is -2.01. The fraction of sp³-hybridized carbons (Fsp3) is 0.100. The van der Waals surface area contributed by atoms with Gasteiger partial charge in [0.15, 0.2) is 0 Å². The van der Waals surface area contributed by atoms with Crippen molar-refractivity contribution in [1.29, 1.82) is 0 Å². The van der Waals surface area contributed by atoms with E-state index in [0.717, 1.165) is 10.7 Å². The first kappa shape index (κ1) is 12.1. The van der Waals surface area contributed by atoms with Crippen LogP contribution >= 0.6 is 27.7 Å². The van der Waals surface area contributed by atoms with Gasteiger partial charge in [-0.25, -0.2) is 9.78 Å². The van der Waals surface area contributed by atoms with E-state index in [4.69, 9.17) is 5.11 Å². The monoisotopic (exact) mass is 313 g/mol. The molecule has 0 aliphatic carbocycles. The van der Waals surface area contributed by atoms with Gasteiger partial charge in [-0.15, -0.1) is 5.10 Å². The van der Waals surface area contributed by atoms with Crippen LogP contribution in [0.2, 0.25) is 0 Å². The number of aromatic carboxylic acids is 1. The highest BCUT2D eigenvalue weighted by Gasteiger charge is 2.09. The van der Waals surface area contributed by atoms with Crippen molar-refractivity contribution in [2.24, 2.45) is 0 Å². The number of carboxylic acid groups (broad SMARTS) is 1. The van der Waals surface area contributed by atoms with Gasteiger partial charge >= 0.3 is 5.97 Å². The topological polar surface area (TPSA) is 78.9 Å². The molecule has 0 amide bonds. The highest BCUT2D eigenvalue weighted by atomic mass is 79.9. The van der Waals surface area contributed by atoms with E-state index in [1.165, 1.54) is 11.8 Å². The van der Waals surface area contributed by atoms with Crippen LogP contribution < -0.4 is 0 Å². The molecule has 0 atom stereocenters. The molecule has 2 rings (SSSR count). The van der Waals surface area contributed by atoms with E-state index in [9.17, 15) is 4.79 Å². The van der Waals surface area contributed by atoms with Crippen LogP contribution in [0.1, 0.15) is 16.2 Å². The minimum absolute atomic E-state index is 0.231. The first-order chi connectivity index (χ1) is 8.04. The molecule has 0 aliphatic rings. The van der Waals surface area contributed by atoms with E-state index in [2.05, 4.69) is 31.1 Å². The first-order valence-corrected chi connectivity index (χ1v) is 6.26. The fourth-order valence-electron chi connectivity index (χ4n) is 1.22. The van der Waals surface area contributed by atoms with Gasteiger partial charge in [0.25, 0.3) is 0 Å². The Morgan fingerprint density at radius 1 is 1.47 bits per heavy atom. The van der Waals surface area contributed by atoms with E-state index in [-0.39, 0.29) is 5.56 Å². The third kappa shape index (κ3) is 3.07. The van der Waals surface area contributed by atoms with Crippen LogP contribution in [0.15, 0.2) is 32.7 Å². The molecular weight excluding hydrogens is 306 g/mol. The maximum absolute atomic E-state index is 10.9. The molecule has 0 aliphatic heterocycles. The molecule has 0 bridgehead atoms. The van der Waals surface area contributed by atoms with Crippen molar-refractivity contribution in [2.75, 3.05) is 0 Å². The van der Waals surface area contributed by atoms with E-state index in [0.29, 0.717) is 9.63 Å². The average molecular weight is 314 g/mol. The number of rotatable bonds is 3. The molecule has 0 saturated carbocycles. The standard InChI is InChI=1S/C10H8BrN3O2S/c1-5-12-10(14-13-5)17-8-3-6(9(15)16)2-7(11)4-8/h2-4H,1H3,(H,15,16)(H,12,13,14). The molecule has 0 unspecified atom stereocenters. The molecule has 5 nitrogen and oxygen atoms in total. The molecule has 0 saturated heterocycles. The molecule has 0 spiro atoms. The Hall–Kier alpha value is -1.34. The molecule has 1 heterocycles. The number of nitrogens with zero attached hydrogens (tertiary/aromatic N) is 2. The summed E-state index contributed by atoms with van der Waals surface area (Å²) in [5.41, 5.74) is 0.231. The number of H-pyrrole nitrogens is 1. The number of aromatic nitrogens is 3. The lowest BCUT2D eigenvalue weighted by molar-refractivity contribution is 0.0696. The Balaban J connectivity index is 2.29. The van der Waals surface area contributed by atoms with Crippen LogP contribution in [0.25, 0.3) is 0 Å². The second-order valence-electron chi connectivity index (χ2n) is 3.29. The van der Waals surface area contributed by atoms with Crippen LogP contribution in [0.4, 0.5) is 0 Å². The third-order valence-corrected chi connectivity index (χ3v) is 3.20. The predicted octanol–water partition coefficient (Wildman–Crippen LogP) is 2.73. The first-order valence-electron chi connectivity index (χ1n) is 4.65. The summed E-state index contributed by atoms with van der Waals surface area (Å²) < 4.78 is 0.715. The molecule has 2 N–H and O–H groups in total. The van der Waals surface area contributed by atoms with Crippen LogP contribution in [-0.4, -0.2) is 26.3 Å². The van der Waals surface area contributed by atoms with Gasteiger partial charge in [-0.1, -0.05) is 15.9 Å². The Kier molecular flexibility index (Phi) is 3.49. The summed E-state index contributed by atoms with van der Waals surface area (Å²) in [5, 5.41) is 16.2. The molecule has 0 radical (unpaired) electrons. The molecule has 88 valence electrons.